The van der Waals surface area contributed by atoms with Crippen LogP contribution in [0.15, 0.2) is 18.2 Å². The third kappa shape index (κ3) is 2.98. The van der Waals surface area contributed by atoms with Crippen molar-refractivity contribution in [2.24, 2.45) is 0 Å². The number of carbonyl (C=O) groups is 1. The van der Waals surface area contributed by atoms with Crippen LogP contribution in [0.4, 0.5) is 5.00 Å². The van der Waals surface area contributed by atoms with Gasteiger partial charge in [-0.2, -0.15) is 0 Å². The first-order chi connectivity index (χ1) is 6.59. The first kappa shape index (κ1) is 10.4. The molecule has 1 heterocycles. The topological polar surface area (TPSA) is 80.4 Å². The molecule has 0 saturated carbocycles. The normalized spacial score (nSPS) is 10.6. The number of aliphatic carboxylic acids is 1. The quantitative estimate of drug-likeness (QED) is 0.613. The first-order valence-corrected chi connectivity index (χ1v) is 4.54. The second-order valence-electron chi connectivity index (χ2n) is 2.43. The Morgan fingerprint density at radius 1 is 1.64 bits per heavy atom. The zero-order valence-corrected chi connectivity index (χ0v) is 7.86. The summed E-state index contributed by atoms with van der Waals surface area (Å²) >= 11 is 1.01. The van der Waals surface area contributed by atoms with E-state index in [-0.39, 0.29) is 11.4 Å². The van der Waals surface area contributed by atoms with Gasteiger partial charge in [0.25, 0.3) is 0 Å². The largest absolute Gasteiger partial charge is 0.481 e. The predicted octanol–water partition coefficient (Wildman–Crippen LogP) is 2.14. The summed E-state index contributed by atoms with van der Waals surface area (Å²) in [5, 5.41) is 18.7. The van der Waals surface area contributed by atoms with Crippen molar-refractivity contribution in [3.05, 3.63) is 33.2 Å². The molecule has 0 amide bonds. The summed E-state index contributed by atoms with van der Waals surface area (Å²) in [4.78, 5) is 20.6. The molecule has 74 valence electrons. The molecule has 1 rings (SSSR count). The molecule has 0 aliphatic heterocycles. The molecule has 0 radical (unpaired) electrons. The maximum absolute atomic E-state index is 10.3. The van der Waals surface area contributed by atoms with E-state index < -0.39 is 10.9 Å². The van der Waals surface area contributed by atoms with Crippen molar-refractivity contribution in [3.8, 4) is 0 Å². The maximum Gasteiger partial charge on any atom is 0.324 e. The summed E-state index contributed by atoms with van der Waals surface area (Å²) in [6.07, 6.45) is 2.94. The Morgan fingerprint density at radius 2 is 2.36 bits per heavy atom. The van der Waals surface area contributed by atoms with Crippen molar-refractivity contribution < 1.29 is 14.8 Å². The Balaban J connectivity index is 2.64. The van der Waals surface area contributed by atoms with Crippen molar-refractivity contribution in [3.63, 3.8) is 0 Å². The Hall–Kier alpha value is -1.69. The minimum absolute atomic E-state index is 0.0555. The van der Waals surface area contributed by atoms with Crippen LogP contribution in [-0.4, -0.2) is 16.0 Å². The number of nitrogens with zero attached hydrogens (tertiary/aromatic N) is 1. The highest BCUT2D eigenvalue weighted by Crippen LogP contribution is 2.24. The molecular weight excluding hydrogens is 206 g/mol. The lowest BCUT2D eigenvalue weighted by Gasteiger charge is -1.83. The lowest BCUT2D eigenvalue weighted by molar-refractivity contribution is -0.380. The molecule has 14 heavy (non-hydrogen) atoms. The Kier molecular flexibility index (Phi) is 3.35. The molecule has 0 spiro atoms. The van der Waals surface area contributed by atoms with Gasteiger partial charge in [-0.05, 0) is 12.1 Å². The predicted molar refractivity (Wildman–Crippen MR) is 52.3 cm³/mol. The molecule has 5 nitrogen and oxygen atoms in total. The van der Waals surface area contributed by atoms with Crippen LogP contribution in [0.3, 0.4) is 0 Å². The molecule has 0 fully saturated rings. The molecular formula is C8H7NO4S. The molecule has 1 N–H and O–H groups in total. The van der Waals surface area contributed by atoms with E-state index in [4.69, 9.17) is 5.11 Å². The van der Waals surface area contributed by atoms with Crippen molar-refractivity contribution in [1.29, 1.82) is 0 Å². The standard InChI is InChI=1S/C8H7NO4S/c10-8(11)3-1-2-6-4-5-7(14-6)9(12)13/h1-2,4-5H,3H2,(H,10,11). The van der Waals surface area contributed by atoms with Gasteiger partial charge in [-0.1, -0.05) is 17.4 Å². The van der Waals surface area contributed by atoms with Gasteiger partial charge in [0.05, 0.1) is 11.3 Å². The summed E-state index contributed by atoms with van der Waals surface area (Å²) in [6, 6.07) is 2.98. The highest BCUT2D eigenvalue weighted by molar-refractivity contribution is 7.16. The van der Waals surface area contributed by atoms with Crippen LogP contribution in [0.25, 0.3) is 6.08 Å². The minimum atomic E-state index is -0.924. The first-order valence-electron chi connectivity index (χ1n) is 3.72. The van der Waals surface area contributed by atoms with Crippen LogP contribution in [0.2, 0.25) is 0 Å². The van der Waals surface area contributed by atoms with Gasteiger partial charge in [0.1, 0.15) is 0 Å². The average Bonchev–Trinajstić information content (AvgIpc) is 2.52. The zero-order valence-electron chi connectivity index (χ0n) is 7.04. The van der Waals surface area contributed by atoms with Gasteiger partial charge >= 0.3 is 11.0 Å². The molecule has 0 unspecified atom stereocenters. The molecule has 6 heteroatoms. The number of hydrogen-bond donors (Lipinski definition) is 1. The third-order valence-electron chi connectivity index (χ3n) is 1.37. The van der Waals surface area contributed by atoms with Crippen LogP contribution in [0.1, 0.15) is 11.3 Å². The van der Waals surface area contributed by atoms with E-state index >= 15 is 0 Å². The lowest BCUT2D eigenvalue weighted by atomic mass is 10.3. The lowest BCUT2D eigenvalue weighted by Crippen LogP contribution is -1.89. The fourth-order valence-electron chi connectivity index (χ4n) is 0.806. The zero-order chi connectivity index (χ0) is 10.6. The van der Waals surface area contributed by atoms with E-state index in [2.05, 4.69) is 0 Å². The van der Waals surface area contributed by atoms with Crippen molar-refractivity contribution in [2.45, 2.75) is 6.42 Å². The number of nitro groups is 1. The van der Waals surface area contributed by atoms with Crippen LogP contribution in [0, 0.1) is 10.1 Å². The van der Waals surface area contributed by atoms with E-state index in [1.54, 1.807) is 12.1 Å². The van der Waals surface area contributed by atoms with E-state index in [1.807, 2.05) is 0 Å². The molecule has 0 aliphatic carbocycles. The van der Waals surface area contributed by atoms with Gasteiger partial charge in [-0.25, -0.2) is 0 Å². The Bertz CT molecular complexity index is 382. The molecule has 0 aliphatic rings. The van der Waals surface area contributed by atoms with Gasteiger partial charge in [-0.3, -0.25) is 14.9 Å². The number of rotatable bonds is 4. The van der Waals surface area contributed by atoms with Crippen molar-refractivity contribution >= 4 is 28.4 Å². The van der Waals surface area contributed by atoms with E-state index in [9.17, 15) is 14.9 Å². The van der Waals surface area contributed by atoms with Gasteiger partial charge in [0.15, 0.2) is 0 Å². The van der Waals surface area contributed by atoms with E-state index in [0.717, 1.165) is 11.3 Å². The Morgan fingerprint density at radius 3 is 2.86 bits per heavy atom. The number of hydrogen-bond acceptors (Lipinski definition) is 4. The van der Waals surface area contributed by atoms with Gasteiger partial charge < -0.3 is 5.11 Å². The molecule has 1 aromatic heterocycles. The van der Waals surface area contributed by atoms with E-state index in [1.165, 1.54) is 12.1 Å². The highest BCUT2D eigenvalue weighted by Gasteiger charge is 2.07. The summed E-state index contributed by atoms with van der Waals surface area (Å²) in [6.45, 7) is 0. The SMILES string of the molecule is O=C(O)CC=Cc1ccc([N+](=O)[O-])s1. The fraction of sp³-hybridized carbons (Fsp3) is 0.125. The number of carboxylic acid groups (broad SMARTS) is 1. The number of carboxylic acids is 1. The summed E-state index contributed by atoms with van der Waals surface area (Å²) in [7, 11) is 0. The molecule has 0 atom stereocenters. The molecule has 1 aromatic rings. The van der Waals surface area contributed by atoms with Crippen LogP contribution < -0.4 is 0 Å². The van der Waals surface area contributed by atoms with Crippen LogP contribution in [0.5, 0.6) is 0 Å². The molecule has 0 bridgehead atoms. The average molecular weight is 213 g/mol. The van der Waals surface area contributed by atoms with Gasteiger partial charge in [0.2, 0.25) is 0 Å². The van der Waals surface area contributed by atoms with Gasteiger partial charge in [-0.15, -0.1) is 0 Å². The second-order valence-corrected chi connectivity index (χ2v) is 3.53. The maximum atomic E-state index is 10.3. The van der Waals surface area contributed by atoms with Crippen molar-refractivity contribution in [2.75, 3.05) is 0 Å². The summed E-state index contributed by atoms with van der Waals surface area (Å²) in [5.74, 6) is -0.924. The Labute approximate surface area is 83.5 Å². The summed E-state index contributed by atoms with van der Waals surface area (Å²) < 4.78 is 0. The fourth-order valence-corrected chi connectivity index (χ4v) is 1.56. The van der Waals surface area contributed by atoms with E-state index in [0.29, 0.717) is 4.88 Å². The minimum Gasteiger partial charge on any atom is -0.481 e. The smallest absolute Gasteiger partial charge is 0.324 e. The van der Waals surface area contributed by atoms with Crippen molar-refractivity contribution in [1.82, 2.24) is 0 Å². The van der Waals surface area contributed by atoms with Crippen LogP contribution >= 0.6 is 11.3 Å². The monoisotopic (exact) mass is 213 g/mol. The molecule has 0 saturated heterocycles. The third-order valence-corrected chi connectivity index (χ3v) is 2.37. The van der Waals surface area contributed by atoms with Gasteiger partial charge in [0, 0.05) is 10.9 Å². The second kappa shape index (κ2) is 4.52. The molecule has 0 aromatic carbocycles. The van der Waals surface area contributed by atoms with Crippen LogP contribution in [-0.2, 0) is 4.79 Å². The highest BCUT2D eigenvalue weighted by atomic mass is 32.1. The number of thiophene rings is 1. The summed E-state index contributed by atoms with van der Waals surface area (Å²) in [5.41, 5.74) is 0.